The number of hydrogen-bond acceptors (Lipinski definition) is 9. The number of aliphatic hydroxyl groups is 1. The number of hydrogen-bond donors (Lipinski definition) is 2. The molecule has 0 amide bonds. The summed E-state index contributed by atoms with van der Waals surface area (Å²) >= 11 is 0. The molecule has 4 atom stereocenters. The Morgan fingerprint density at radius 3 is 2.00 bits per heavy atom. The summed E-state index contributed by atoms with van der Waals surface area (Å²) in [5.74, 6) is 1.37. The predicted octanol–water partition coefficient (Wildman–Crippen LogP) is 4.88. The molecule has 2 aliphatic heterocycles. The van der Waals surface area contributed by atoms with Gasteiger partial charge in [-0.15, -0.1) is 0 Å². The van der Waals surface area contributed by atoms with Crippen LogP contribution in [0.15, 0.2) is 125 Å². The zero-order valence-electron chi connectivity index (χ0n) is 29.3. The van der Waals surface area contributed by atoms with E-state index < -0.39 is 40.4 Å². The molecule has 2 N–H and O–H groups in total. The van der Waals surface area contributed by atoms with Gasteiger partial charge in [0.1, 0.15) is 34.4 Å². The Morgan fingerprint density at radius 2 is 1.42 bits per heavy atom. The van der Waals surface area contributed by atoms with Gasteiger partial charge in [0, 0.05) is 24.8 Å². The van der Waals surface area contributed by atoms with E-state index in [2.05, 4.69) is 4.98 Å². The number of methoxy groups -OCH3 is 2. The Hall–Kier alpha value is -5.04. The molecule has 0 saturated carbocycles. The molecule has 2 fully saturated rings. The van der Waals surface area contributed by atoms with Crippen LogP contribution in [0.4, 0.5) is 0 Å². The Morgan fingerprint density at radius 1 is 0.846 bits per heavy atom. The van der Waals surface area contributed by atoms with Crippen LogP contribution in [0.3, 0.4) is 0 Å². The number of ether oxygens (including phenoxy) is 6. The fourth-order valence-electron chi connectivity index (χ4n) is 7.56. The summed E-state index contributed by atoms with van der Waals surface area (Å²) in [6.45, 7) is 1.51. The van der Waals surface area contributed by atoms with Crippen molar-refractivity contribution in [1.29, 1.82) is 0 Å². The quantitative estimate of drug-likeness (QED) is 0.155. The van der Waals surface area contributed by atoms with Gasteiger partial charge in [-0.1, -0.05) is 84.9 Å². The topological polar surface area (TPSA) is 130 Å². The highest BCUT2D eigenvalue weighted by Crippen LogP contribution is 2.56. The monoisotopic (exact) mass is 706 g/mol. The van der Waals surface area contributed by atoms with Crippen molar-refractivity contribution in [2.75, 3.05) is 34.0 Å². The normalized spacial score (nSPS) is 22.4. The molecule has 1 aromatic heterocycles. The minimum absolute atomic E-state index is 0.0517. The van der Waals surface area contributed by atoms with Crippen molar-refractivity contribution in [3.63, 3.8) is 0 Å². The molecule has 0 unspecified atom stereocenters. The van der Waals surface area contributed by atoms with E-state index in [1.54, 1.807) is 21.1 Å². The molecule has 52 heavy (non-hydrogen) atoms. The Bertz CT molecular complexity index is 2040. The molecule has 270 valence electrons. The Balaban J connectivity index is 1.39. The van der Waals surface area contributed by atoms with Crippen molar-refractivity contribution in [2.24, 2.45) is 0 Å². The van der Waals surface area contributed by atoms with E-state index in [0.717, 1.165) is 22.3 Å². The molecule has 2 saturated heterocycles. The molecule has 0 spiro atoms. The number of aryl methyl sites for hydroxylation is 1. The number of aromatic nitrogens is 2. The highest BCUT2D eigenvalue weighted by atomic mass is 16.7. The number of benzene rings is 4. The van der Waals surface area contributed by atoms with Crippen LogP contribution in [0.5, 0.6) is 11.5 Å². The van der Waals surface area contributed by atoms with Gasteiger partial charge in [-0.3, -0.25) is 14.3 Å². The molecular formula is C41H42N2O9. The van der Waals surface area contributed by atoms with Crippen LogP contribution in [-0.4, -0.2) is 66.0 Å². The van der Waals surface area contributed by atoms with E-state index >= 15 is 0 Å². The van der Waals surface area contributed by atoms with E-state index in [1.165, 1.54) is 10.8 Å². The van der Waals surface area contributed by atoms with Crippen molar-refractivity contribution in [2.45, 2.75) is 49.1 Å². The third-order valence-corrected chi connectivity index (χ3v) is 10.3. The second-order valence-electron chi connectivity index (χ2n) is 13.1. The molecule has 11 heteroatoms. The van der Waals surface area contributed by atoms with Crippen molar-refractivity contribution < 1.29 is 33.5 Å². The van der Waals surface area contributed by atoms with Crippen LogP contribution in [0.1, 0.15) is 40.5 Å². The average molecular weight is 707 g/mol. The number of aromatic amines is 1. The summed E-state index contributed by atoms with van der Waals surface area (Å²) in [6, 6.07) is 35.0. The van der Waals surface area contributed by atoms with Crippen molar-refractivity contribution in [3.05, 3.63) is 164 Å². The molecule has 2 bridgehead atoms. The van der Waals surface area contributed by atoms with Gasteiger partial charge in [0.25, 0.3) is 5.56 Å². The van der Waals surface area contributed by atoms with Gasteiger partial charge in [0.2, 0.25) is 0 Å². The number of nitrogens with one attached hydrogen (secondary N) is 1. The summed E-state index contributed by atoms with van der Waals surface area (Å²) in [5, 5.41) is 10.6. The van der Waals surface area contributed by atoms with Gasteiger partial charge in [-0.2, -0.15) is 0 Å². The fraction of sp³-hybridized carbons (Fsp3) is 0.317. The van der Waals surface area contributed by atoms with Crippen LogP contribution in [0.25, 0.3) is 0 Å². The summed E-state index contributed by atoms with van der Waals surface area (Å²) in [6.07, 6.45) is -0.266. The largest absolute Gasteiger partial charge is 0.497 e. The molecule has 5 aromatic rings. The first-order valence-corrected chi connectivity index (χ1v) is 17.2. The van der Waals surface area contributed by atoms with Gasteiger partial charge in [0.15, 0.2) is 6.23 Å². The number of aliphatic hydroxyl groups excluding tert-OH is 1. The fourth-order valence-corrected chi connectivity index (χ4v) is 7.56. The van der Waals surface area contributed by atoms with Crippen LogP contribution in [-0.2, 0) is 31.2 Å². The van der Waals surface area contributed by atoms with Crippen molar-refractivity contribution >= 4 is 0 Å². The van der Waals surface area contributed by atoms with Gasteiger partial charge in [-0.05, 0) is 53.4 Å². The lowest BCUT2D eigenvalue weighted by atomic mass is 9.78. The molecule has 3 heterocycles. The summed E-state index contributed by atoms with van der Waals surface area (Å²) in [5.41, 5.74) is -1.24. The molecule has 4 aromatic carbocycles. The number of nitrogens with zero attached hydrogens (tertiary/aromatic N) is 1. The number of fused-ring (bicyclic) bond motifs is 2. The second kappa shape index (κ2) is 14.5. The molecule has 7 rings (SSSR count). The summed E-state index contributed by atoms with van der Waals surface area (Å²) < 4.78 is 40.1. The third kappa shape index (κ3) is 6.04. The van der Waals surface area contributed by atoms with Gasteiger partial charge in [0.05, 0.1) is 34.0 Å². The average Bonchev–Trinajstić information content (AvgIpc) is 3.62. The second-order valence-corrected chi connectivity index (χ2v) is 13.1. The maximum absolute atomic E-state index is 13.3. The van der Waals surface area contributed by atoms with Crippen LogP contribution in [0, 0.1) is 6.92 Å². The smallest absolute Gasteiger partial charge is 0.330 e. The zero-order chi connectivity index (χ0) is 36.3. The van der Waals surface area contributed by atoms with E-state index in [-0.39, 0.29) is 32.8 Å². The Kier molecular flexibility index (Phi) is 9.88. The first-order valence-electron chi connectivity index (χ1n) is 17.2. The van der Waals surface area contributed by atoms with Crippen LogP contribution in [0.2, 0.25) is 0 Å². The van der Waals surface area contributed by atoms with E-state index in [0.29, 0.717) is 17.1 Å². The molecular weight excluding hydrogens is 664 g/mol. The van der Waals surface area contributed by atoms with Gasteiger partial charge in [-0.25, -0.2) is 4.79 Å². The first kappa shape index (κ1) is 35.4. The maximum atomic E-state index is 13.3. The van der Waals surface area contributed by atoms with Crippen molar-refractivity contribution in [1.82, 2.24) is 9.55 Å². The summed E-state index contributed by atoms with van der Waals surface area (Å²) in [4.78, 5) is 28.1. The highest BCUT2D eigenvalue weighted by Gasteiger charge is 2.73. The van der Waals surface area contributed by atoms with Crippen molar-refractivity contribution in [3.8, 4) is 11.5 Å². The highest BCUT2D eigenvalue weighted by molar-refractivity contribution is 5.50. The van der Waals surface area contributed by atoms with Gasteiger partial charge < -0.3 is 33.5 Å². The van der Waals surface area contributed by atoms with Gasteiger partial charge >= 0.3 is 5.69 Å². The van der Waals surface area contributed by atoms with E-state index in [4.69, 9.17) is 28.4 Å². The number of H-pyrrole nitrogens is 1. The lowest BCUT2D eigenvalue weighted by Crippen LogP contribution is -2.58. The van der Waals surface area contributed by atoms with Crippen LogP contribution < -0.4 is 20.7 Å². The number of rotatable bonds is 14. The maximum Gasteiger partial charge on any atom is 0.330 e. The zero-order valence-corrected chi connectivity index (χ0v) is 29.3. The molecule has 0 aliphatic carbocycles. The van der Waals surface area contributed by atoms with Crippen LogP contribution >= 0.6 is 0 Å². The Labute approximate surface area is 301 Å². The standard InChI is InChI=1S/C41H42N2O9/c1-28-24-43(38(46)42-36(28)45)37-35-40(22-23-44,50-25-29-10-6-4-7-11-29)39(52-37,26-49-35)27-51-41(30-12-8-5-9-13-30,31-14-18-33(47-2)19-15-31)32-16-20-34(48-3)21-17-32/h4-21,24,35,37,44H,22-23,25-27H2,1-3H3,(H,42,45,46)/t35-,37+,39+,40-/m0/s1. The minimum Gasteiger partial charge on any atom is -0.497 e. The predicted molar refractivity (Wildman–Crippen MR) is 193 cm³/mol. The summed E-state index contributed by atoms with van der Waals surface area (Å²) in [7, 11) is 3.24. The van der Waals surface area contributed by atoms with E-state index in [9.17, 15) is 14.7 Å². The molecule has 2 aliphatic rings. The molecule has 0 radical (unpaired) electrons. The molecule has 11 nitrogen and oxygen atoms in total. The lowest BCUT2D eigenvalue weighted by Gasteiger charge is -2.43. The lowest BCUT2D eigenvalue weighted by molar-refractivity contribution is -0.218. The first-order chi connectivity index (χ1) is 25.3. The van der Waals surface area contributed by atoms with E-state index in [1.807, 2.05) is 109 Å². The SMILES string of the molecule is COc1ccc(C(OC[C@@]23CO[C@@H]([C@H](n4cc(C)c(=O)[nH]c4=O)O2)[C@]3(CCO)OCc2ccccc2)(c2ccccc2)c2ccc(OC)cc2)cc1. The minimum atomic E-state index is -1.33. The third-order valence-electron chi connectivity index (χ3n) is 10.3.